The zero-order valence-electron chi connectivity index (χ0n) is 14.0. The second-order valence-electron chi connectivity index (χ2n) is 6.59. The zero-order chi connectivity index (χ0) is 16.2. The molecule has 0 N–H and O–H groups in total. The van der Waals surface area contributed by atoms with Crippen LogP contribution in [0.5, 0.6) is 0 Å². The molecule has 2 unspecified atom stereocenters. The van der Waals surface area contributed by atoms with Crippen molar-refractivity contribution in [1.82, 2.24) is 14.5 Å². The molecule has 0 radical (unpaired) electrons. The van der Waals surface area contributed by atoms with Gasteiger partial charge in [-0.25, -0.2) is 4.98 Å². The average Bonchev–Trinajstić information content (AvgIpc) is 3.17. The van der Waals surface area contributed by atoms with Gasteiger partial charge in [0.2, 0.25) is 5.91 Å². The van der Waals surface area contributed by atoms with Gasteiger partial charge < -0.3 is 9.47 Å². The van der Waals surface area contributed by atoms with Crippen molar-refractivity contribution in [3.63, 3.8) is 0 Å². The Kier molecular flexibility index (Phi) is 4.79. The third kappa shape index (κ3) is 3.63. The van der Waals surface area contributed by atoms with Crippen LogP contribution in [-0.2, 0) is 11.3 Å². The van der Waals surface area contributed by atoms with Crippen LogP contribution in [-0.4, -0.2) is 32.9 Å². The lowest BCUT2D eigenvalue weighted by Gasteiger charge is -2.21. The Bertz CT molecular complexity index is 650. The second-order valence-corrected chi connectivity index (χ2v) is 6.59. The highest BCUT2D eigenvalue weighted by Crippen LogP contribution is 2.33. The monoisotopic (exact) mass is 311 g/mol. The molecule has 4 nitrogen and oxygen atoms in total. The van der Waals surface area contributed by atoms with Crippen molar-refractivity contribution >= 4 is 5.91 Å². The third-order valence-electron chi connectivity index (χ3n) is 4.89. The number of hydrogen-bond acceptors (Lipinski definition) is 2. The molecule has 1 aromatic heterocycles. The minimum absolute atomic E-state index is 0.286. The molecule has 1 aromatic carbocycles. The summed E-state index contributed by atoms with van der Waals surface area (Å²) in [6, 6.07) is 8.88. The number of imidazole rings is 1. The van der Waals surface area contributed by atoms with Gasteiger partial charge in [-0.1, -0.05) is 24.3 Å². The quantitative estimate of drug-likeness (QED) is 0.849. The number of carbonyl (C=O) groups is 1. The molecule has 1 aliphatic heterocycles. The van der Waals surface area contributed by atoms with E-state index in [1.807, 2.05) is 10.8 Å². The van der Waals surface area contributed by atoms with Gasteiger partial charge in [0, 0.05) is 43.9 Å². The fourth-order valence-electron chi connectivity index (χ4n) is 3.62. The minimum Gasteiger partial charge on any atom is -0.339 e. The lowest BCUT2D eigenvalue weighted by atomic mass is 9.93. The van der Waals surface area contributed by atoms with E-state index in [-0.39, 0.29) is 5.91 Å². The Hall–Kier alpha value is -2.10. The van der Waals surface area contributed by atoms with Crippen LogP contribution in [0.2, 0.25) is 0 Å². The first-order valence-corrected chi connectivity index (χ1v) is 8.46. The van der Waals surface area contributed by atoms with E-state index in [2.05, 4.69) is 48.0 Å². The number of benzene rings is 1. The number of nitrogens with zero attached hydrogens (tertiary/aromatic N) is 3. The third-order valence-corrected chi connectivity index (χ3v) is 4.89. The highest BCUT2D eigenvalue weighted by Gasteiger charge is 2.33. The van der Waals surface area contributed by atoms with Crippen LogP contribution in [0.4, 0.5) is 0 Å². The lowest BCUT2D eigenvalue weighted by Crippen LogP contribution is -2.33. The summed E-state index contributed by atoms with van der Waals surface area (Å²) in [5.74, 6) is 0.762. The molecule has 23 heavy (non-hydrogen) atoms. The van der Waals surface area contributed by atoms with E-state index in [4.69, 9.17) is 0 Å². The molecule has 1 fully saturated rings. The first-order chi connectivity index (χ1) is 11.1. The van der Waals surface area contributed by atoms with Crippen LogP contribution in [0.1, 0.15) is 43.2 Å². The molecule has 1 saturated heterocycles. The number of likely N-dealkylation sites (tertiary alicyclic amines) is 1. The Morgan fingerprint density at radius 3 is 2.91 bits per heavy atom. The maximum absolute atomic E-state index is 12.5. The van der Waals surface area contributed by atoms with Gasteiger partial charge in [-0.15, -0.1) is 0 Å². The lowest BCUT2D eigenvalue weighted by molar-refractivity contribution is -0.131. The number of aromatic nitrogens is 2. The van der Waals surface area contributed by atoms with Gasteiger partial charge in [0.25, 0.3) is 0 Å². The topological polar surface area (TPSA) is 38.1 Å². The van der Waals surface area contributed by atoms with Crippen molar-refractivity contribution in [3.05, 3.63) is 54.1 Å². The van der Waals surface area contributed by atoms with E-state index in [0.29, 0.717) is 18.4 Å². The summed E-state index contributed by atoms with van der Waals surface area (Å²) in [5.41, 5.74) is 2.73. The molecule has 0 saturated carbocycles. The zero-order valence-corrected chi connectivity index (χ0v) is 14.0. The summed E-state index contributed by atoms with van der Waals surface area (Å²) < 4.78 is 2.02. The van der Waals surface area contributed by atoms with Gasteiger partial charge in [0.1, 0.15) is 0 Å². The molecule has 0 aliphatic carbocycles. The van der Waals surface area contributed by atoms with Crippen molar-refractivity contribution < 1.29 is 4.79 Å². The first-order valence-electron chi connectivity index (χ1n) is 8.46. The number of rotatable bonds is 5. The molecule has 1 aliphatic rings. The molecule has 2 atom stereocenters. The van der Waals surface area contributed by atoms with E-state index in [1.54, 1.807) is 12.5 Å². The summed E-state index contributed by atoms with van der Waals surface area (Å²) in [5, 5.41) is 0. The van der Waals surface area contributed by atoms with Crippen LogP contribution in [0.3, 0.4) is 0 Å². The molecular formula is C19H25N3O. The molecule has 2 aromatic rings. The van der Waals surface area contributed by atoms with Crippen LogP contribution < -0.4 is 0 Å². The highest BCUT2D eigenvalue weighted by atomic mass is 16.2. The molecule has 1 amide bonds. The van der Waals surface area contributed by atoms with Gasteiger partial charge >= 0.3 is 0 Å². The van der Waals surface area contributed by atoms with Crippen molar-refractivity contribution in [2.75, 3.05) is 6.54 Å². The van der Waals surface area contributed by atoms with Gasteiger partial charge in [0.05, 0.1) is 6.33 Å². The normalized spacial score (nSPS) is 20.9. The number of carbonyl (C=O) groups excluding carboxylic acids is 1. The Labute approximate surface area is 138 Å². The summed E-state index contributed by atoms with van der Waals surface area (Å²) in [6.07, 6.45) is 8.07. The fraction of sp³-hybridized carbons (Fsp3) is 0.474. The first kappa shape index (κ1) is 15.8. The van der Waals surface area contributed by atoms with Crippen molar-refractivity contribution in [1.29, 1.82) is 0 Å². The van der Waals surface area contributed by atoms with E-state index >= 15 is 0 Å². The number of hydrogen-bond donors (Lipinski definition) is 0. The van der Waals surface area contributed by atoms with E-state index in [9.17, 15) is 4.79 Å². The summed E-state index contributed by atoms with van der Waals surface area (Å²) >= 11 is 0. The molecule has 122 valence electrons. The number of amides is 1. The van der Waals surface area contributed by atoms with Crippen LogP contribution in [0.25, 0.3) is 0 Å². The maximum Gasteiger partial charge on any atom is 0.222 e. The highest BCUT2D eigenvalue weighted by molar-refractivity contribution is 5.77. The Balaban J connectivity index is 1.56. The molecule has 0 bridgehead atoms. The van der Waals surface area contributed by atoms with Crippen LogP contribution in [0, 0.1) is 6.92 Å². The van der Waals surface area contributed by atoms with Crippen molar-refractivity contribution in [2.24, 2.45) is 0 Å². The smallest absolute Gasteiger partial charge is 0.222 e. The van der Waals surface area contributed by atoms with Crippen LogP contribution >= 0.6 is 0 Å². The van der Waals surface area contributed by atoms with E-state index in [1.165, 1.54) is 11.1 Å². The SMILES string of the molecule is Cc1ccccc1C1CC(C)N(C(=O)CCCn2ccnc2)C1. The standard InChI is InChI=1S/C19H25N3O/c1-15-6-3-4-7-18(15)17-12-16(2)22(13-17)19(23)8-5-10-21-11-9-20-14-21/h3-4,6-7,9,11,14,16-17H,5,8,10,12-13H2,1-2H3. The summed E-state index contributed by atoms with van der Waals surface area (Å²) in [7, 11) is 0. The van der Waals surface area contributed by atoms with Crippen molar-refractivity contribution in [3.8, 4) is 0 Å². The van der Waals surface area contributed by atoms with E-state index in [0.717, 1.165) is 25.9 Å². The van der Waals surface area contributed by atoms with Crippen molar-refractivity contribution in [2.45, 2.75) is 51.6 Å². The molecule has 2 heterocycles. The van der Waals surface area contributed by atoms with E-state index < -0.39 is 0 Å². The average molecular weight is 311 g/mol. The Morgan fingerprint density at radius 1 is 1.35 bits per heavy atom. The largest absolute Gasteiger partial charge is 0.339 e. The van der Waals surface area contributed by atoms with Gasteiger partial charge in [-0.05, 0) is 37.8 Å². The number of aryl methyl sites for hydroxylation is 2. The molecular weight excluding hydrogens is 286 g/mol. The predicted molar refractivity (Wildman–Crippen MR) is 91.2 cm³/mol. The fourth-order valence-corrected chi connectivity index (χ4v) is 3.62. The molecule has 3 rings (SSSR count). The van der Waals surface area contributed by atoms with Gasteiger partial charge in [-0.2, -0.15) is 0 Å². The molecule has 4 heteroatoms. The maximum atomic E-state index is 12.5. The second kappa shape index (κ2) is 6.99. The van der Waals surface area contributed by atoms with Crippen LogP contribution in [0.15, 0.2) is 43.0 Å². The summed E-state index contributed by atoms with van der Waals surface area (Å²) in [4.78, 5) is 18.7. The Morgan fingerprint density at radius 2 is 2.17 bits per heavy atom. The van der Waals surface area contributed by atoms with Gasteiger partial charge in [0.15, 0.2) is 0 Å². The predicted octanol–water partition coefficient (Wildman–Crippen LogP) is 3.38. The minimum atomic E-state index is 0.286. The van der Waals surface area contributed by atoms with Gasteiger partial charge in [-0.3, -0.25) is 4.79 Å². The molecule has 0 spiro atoms. The summed E-state index contributed by atoms with van der Waals surface area (Å²) in [6.45, 7) is 6.05.